The molecule has 25 heavy (non-hydrogen) atoms. The van der Waals surface area contributed by atoms with Crippen LogP contribution in [0.3, 0.4) is 0 Å². The first-order valence-corrected chi connectivity index (χ1v) is 9.16. The van der Waals surface area contributed by atoms with Crippen LogP contribution < -0.4 is 10.2 Å². The Hall–Kier alpha value is -1.99. The number of nitrogens with zero attached hydrogens (tertiary/aromatic N) is 5. The van der Waals surface area contributed by atoms with Crippen molar-refractivity contribution in [1.29, 1.82) is 0 Å². The molecule has 0 radical (unpaired) electrons. The number of aryl methyl sites for hydroxylation is 1. The minimum atomic E-state index is 0.148. The van der Waals surface area contributed by atoms with Crippen LogP contribution in [0.1, 0.15) is 36.5 Å². The summed E-state index contributed by atoms with van der Waals surface area (Å²) in [5, 5.41) is 7.80. The molecule has 2 aliphatic heterocycles. The van der Waals surface area contributed by atoms with Crippen LogP contribution in [0.5, 0.6) is 0 Å². The van der Waals surface area contributed by atoms with E-state index in [9.17, 15) is 0 Å². The molecule has 2 aromatic heterocycles. The van der Waals surface area contributed by atoms with E-state index in [1.165, 1.54) is 18.4 Å². The molecule has 2 saturated heterocycles. The molecule has 7 heteroatoms. The highest BCUT2D eigenvalue weighted by atomic mass is 16.5. The first-order valence-electron chi connectivity index (χ1n) is 9.16. The lowest BCUT2D eigenvalue weighted by atomic mass is 9.97. The van der Waals surface area contributed by atoms with Crippen LogP contribution in [0, 0.1) is 5.92 Å². The number of nitrogens with one attached hydrogen (secondary N) is 1. The van der Waals surface area contributed by atoms with Crippen molar-refractivity contribution in [2.24, 2.45) is 13.0 Å². The van der Waals surface area contributed by atoms with Crippen LogP contribution in [-0.2, 0) is 18.3 Å². The Labute approximate surface area is 148 Å². The number of rotatable bonds is 6. The van der Waals surface area contributed by atoms with E-state index in [-0.39, 0.29) is 6.10 Å². The maximum Gasteiger partial charge on any atom is 0.225 e. The fourth-order valence-electron chi connectivity index (χ4n) is 3.72. The highest BCUT2D eigenvalue weighted by Crippen LogP contribution is 2.33. The maximum absolute atomic E-state index is 5.92. The van der Waals surface area contributed by atoms with Crippen LogP contribution in [0.15, 0.2) is 24.8 Å². The van der Waals surface area contributed by atoms with Gasteiger partial charge in [0.15, 0.2) is 0 Å². The van der Waals surface area contributed by atoms with Gasteiger partial charge < -0.3 is 15.0 Å². The van der Waals surface area contributed by atoms with Gasteiger partial charge in [0.05, 0.1) is 12.3 Å². The second kappa shape index (κ2) is 7.49. The molecule has 4 heterocycles. The lowest BCUT2D eigenvalue weighted by Crippen LogP contribution is -2.25. The number of ether oxygens (including phenoxy) is 1. The smallest absolute Gasteiger partial charge is 0.225 e. The first-order chi connectivity index (χ1) is 12.3. The Morgan fingerprint density at radius 2 is 2.00 bits per heavy atom. The molecule has 2 fully saturated rings. The van der Waals surface area contributed by atoms with Gasteiger partial charge in [-0.3, -0.25) is 4.68 Å². The summed E-state index contributed by atoms with van der Waals surface area (Å²) < 4.78 is 7.75. The second-order valence-corrected chi connectivity index (χ2v) is 7.00. The van der Waals surface area contributed by atoms with Gasteiger partial charge in [0, 0.05) is 75.5 Å². The van der Waals surface area contributed by atoms with E-state index in [1.807, 2.05) is 36.5 Å². The van der Waals surface area contributed by atoms with Crippen LogP contribution in [0.2, 0.25) is 0 Å². The molecule has 0 aromatic carbocycles. The molecule has 0 amide bonds. The summed E-state index contributed by atoms with van der Waals surface area (Å²) in [5.74, 6) is 1.34. The Morgan fingerprint density at radius 3 is 2.72 bits per heavy atom. The van der Waals surface area contributed by atoms with Crippen molar-refractivity contribution in [3.63, 3.8) is 0 Å². The number of hydrogen-bond acceptors (Lipinski definition) is 6. The molecule has 0 saturated carbocycles. The minimum Gasteiger partial charge on any atom is -0.373 e. The third kappa shape index (κ3) is 3.82. The van der Waals surface area contributed by atoms with Gasteiger partial charge in [-0.1, -0.05) is 0 Å². The van der Waals surface area contributed by atoms with Crippen LogP contribution in [-0.4, -0.2) is 46.0 Å². The normalized spacial score (nSPS) is 23.5. The second-order valence-electron chi connectivity index (χ2n) is 7.00. The van der Waals surface area contributed by atoms with Gasteiger partial charge in [-0.2, -0.15) is 5.10 Å². The minimum absolute atomic E-state index is 0.148. The molecule has 0 aliphatic carbocycles. The quantitative estimate of drug-likeness (QED) is 0.861. The summed E-state index contributed by atoms with van der Waals surface area (Å²) in [5.41, 5.74) is 2.30. The Kier molecular flexibility index (Phi) is 4.94. The lowest BCUT2D eigenvalue weighted by molar-refractivity contribution is 0.0904. The molecular weight excluding hydrogens is 316 g/mol. The van der Waals surface area contributed by atoms with Gasteiger partial charge >= 0.3 is 0 Å². The highest BCUT2D eigenvalue weighted by Gasteiger charge is 2.30. The molecule has 134 valence electrons. The number of hydrogen-bond donors (Lipinski definition) is 1. The molecule has 1 N–H and O–H groups in total. The summed E-state index contributed by atoms with van der Waals surface area (Å²) in [4.78, 5) is 11.3. The predicted octanol–water partition coefficient (Wildman–Crippen LogP) is 1.68. The Bertz CT molecular complexity index is 679. The van der Waals surface area contributed by atoms with E-state index in [2.05, 4.69) is 25.3 Å². The van der Waals surface area contributed by atoms with E-state index < -0.39 is 0 Å². The molecule has 2 aliphatic rings. The van der Waals surface area contributed by atoms with Gasteiger partial charge in [0.2, 0.25) is 5.95 Å². The first kappa shape index (κ1) is 16.5. The third-order valence-electron chi connectivity index (χ3n) is 5.08. The van der Waals surface area contributed by atoms with Gasteiger partial charge in [0.25, 0.3) is 0 Å². The summed E-state index contributed by atoms with van der Waals surface area (Å²) in [6, 6.07) is 0. The van der Waals surface area contributed by atoms with Crippen molar-refractivity contribution in [3.05, 3.63) is 35.9 Å². The van der Waals surface area contributed by atoms with Crippen molar-refractivity contribution >= 4 is 5.95 Å². The summed E-state index contributed by atoms with van der Waals surface area (Å²) >= 11 is 0. The van der Waals surface area contributed by atoms with Gasteiger partial charge in [-0.15, -0.1) is 0 Å². The van der Waals surface area contributed by atoms with Crippen molar-refractivity contribution in [2.75, 3.05) is 31.1 Å². The Balaban J connectivity index is 1.28. The molecule has 7 nitrogen and oxygen atoms in total. The van der Waals surface area contributed by atoms with Gasteiger partial charge in [-0.05, 0) is 19.3 Å². The zero-order chi connectivity index (χ0) is 17.1. The zero-order valence-corrected chi connectivity index (χ0v) is 14.8. The molecule has 0 unspecified atom stereocenters. The zero-order valence-electron chi connectivity index (χ0n) is 14.8. The fourth-order valence-corrected chi connectivity index (χ4v) is 3.72. The topological polar surface area (TPSA) is 68.1 Å². The summed E-state index contributed by atoms with van der Waals surface area (Å²) in [6.07, 6.45) is 11.6. The van der Waals surface area contributed by atoms with Crippen molar-refractivity contribution in [2.45, 2.75) is 31.9 Å². The SMILES string of the molecule is Cn1cc([C@H]2OCC[C@@H]2CNCc2cnc(N3CCCC3)nc2)cn1. The Morgan fingerprint density at radius 1 is 1.20 bits per heavy atom. The van der Waals surface area contributed by atoms with E-state index in [4.69, 9.17) is 4.74 Å². The van der Waals surface area contributed by atoms with Crippen LogP contribution in [0.4, 0.5) is 5.95 Å². The van der Waals surface area contributed by atoms with Crippen molar-refractivity contribution in [1.82, 2.24) is 25.1 Å². The lowest BCUT2D eigenvalue weighted by Gasteiger charge is -2.18. The monoisotopic (exact) mass is 342 g/mol. The van der Waals surface area contributed by atoms with E-state index in [0.29, 0.717) is 5.92 Å². The van der Waals surface area contributed by atoms with Crippen LogP contribution in [0.25, 0.3) is 0 Å². The standard InChI is InChI=1S/C18H26N6O/c1-23-13-16(12-22-23)17-15(4-7-25-17)11-19-8-14-9-20-18(21-10-14)24-5-2-3-6-24/h9-10,12-13,15,17,19H,2-8,11H2,1H3/t15-,17+/m1/s1. The summed E-state index contributed by atoms with van der Waals surface area (Å²) in [7, 11) is 1.94. The summed E-state index contributed by atoms with van der Waals surface area (Å²) in [6.45, 7) is 4.69. The number of aromatic nitrogens is 4. The number of anilines is 1. The third-order valence-corrected chi connectivity index (χ3v) is 5.08. The average Bonchev–Trinajstić information content (AvgIpc) is 3.37. The van der Waals surface area contributed by atoms with E-state index >= 15 is 0 Å². The van der Waals surface area contributed by atoms with Crippen molar-refractivity contribution < 1.29 is 4.74 Å². The molecule has 0 bridgehead atoms. The van der Waals surface area contributed by atoms with Crippen molar-refractivity contribution in [3.8, 4) is 0 Å². The molecule has 2 atom stereocenters. The molecular formula is C18H26N6O. The predicted molar refractivity (Wildman–Crippen MR) is 95.2 cm³/mol. The average molecular weight is 342 g/mol. The van der Waals surface area contributed by atoms with Gasteiger partial charge in [0.1, 0.15) is 0 Å². The largest absolute Gasteiger partial charge is 0.373 e. The molecule has 0 spiro atoms. The van der Waals surface area contributed by atoms with Crippen LogP contribution >= 0.6 is 0 Å². The van der Waals surface area contributed by atoms with E-state index in [0.717, 1.165) is 50.7 Å². The highest BCUT2D eigenvalue weighted by molar-refractivity contribution is 5.30. The fraction of sp³-hybridized carbons (Fsp3) is 0.611. The molecule has 2 aromatic rings. The maximum atomic E-state index is 5.92. The molecule has 4 rings (SSSR count). The van der Waals surface area contributed by atoms with E-state index in [1.54, 1.807) is 0 Å². The van der Waals surface area contributed by atoms with Gasteiger partial charge in [-0.25, -0.2) is 9.97 Å².